The molecule has 30 heavy (non-hydrogen) atoms. The van der Waals surface area contributed by atoms with Crippen molar-refractivity contribution < 1.29 is 13.2 Å². The molecular formula is C22H26N4O3S. The molecule has 0 aromatic heterocycles. The van der Waals surface area contributed by atoms with Crippen molar-refractivity contribution in [3.8, 4) is 0 Å². The Kier molecular flexibility index (Phi) is 5.38. The van der Waals surface area contributed by atoms with E-state index >= 15 is 0 Å². The largest absolute Gasteiger partial charge is 0.369 e. The molecule has 1 saturated heterocycles. The Morgan fingerprint density at radius 2 is 1.60 bits per heavy atom. The number of hydrogen-bond acceptors (Lipinski definition) is 5. The fraction of sp³-hybridized carbons (Fsp3) is 0.364. The molecule has 0 saturated carbocycles. The second-order valence-corrected chi connectivity index (χ2v) is 9.92. The highest BCUT2D eigenvalue weighted by molar-refractivity contribution is 7.89. The van der Waals surface area contributed by atoms with Crippen LogP contribution in [0.2, 0.25) is 0 Å². The van der Waals surface area contributed by atoms with Crippen molar-refractivity contribution in [3.63, 3.8) is 0 Å². The molecule has 1 unspecified atom stereocenters. The number of aliphatic imine (C=N–C) groups is 1. The molecule has 2 aliphatic rings. The van der Waals surface area contributed by atoms with Gasteiger partial charge in [-0.2, -0.15) is 4.31 Å². The van der Waals surface area contributed by atoms with E-state index in [9.17, 15) is 13.2 Å². The highest BCUT2D eigenvalue weighted by Crippen LogP contribution is 2.34. The molecule has 2 aromatic rings. The zero-order valence-corrected chi connectivity index (χ0v) is 17.8. The molecule has 1 atom stereocenters. The van der Waals surface area contributed by atoms with Gasteiger partial charge in [0, 0.05) is 19.6 Å². The van der Waals surface area contributed by atoms with Crippen molar-refractivity contribution in [2.75, 3.05) is 19.6 Å². The van der Waals surface area contributed by atoms with Crippen LogP contribution in [0.25, 0.3) is 0 Å². The molecule has 158 valence electrons. The first kappa shape index (κ1) is 20.6. The SMILES string of the molecule is CC1(c2ccccc2)N=C(N)N(CC2CCN(S(=O)(=O)c3ccccc3)CC2)C1=O. The molecule has 7 nitrogen and oxygen atoms in total. The smallest absolute Gasteiger partial charge is 0.261 e. The number of carbonyl (C=O) groups excluding carboxylic acids is 1. The summed E-state index contributed by atoms with van der Waals surface area (Å²) >= 11 is 0. The van der Waals surface area contributed by atoms with Crippen LogP contribution in [0.3, 0.4) is 0 Å². The summed E-state index contributed by atoms with van der Waals surface area (Å²) in [6.07, 6.45) is 1.34. The van der Waals surface area contributed by atoms with Crippen LogP contribution in [0.1, 0.15) is 25.3 Å². The number of carbonyl (C=O) groups is 1. The van der Waals surface area contributed by atoms with Crippen molar-refractivity contribution in [2.24, 2.45) is 16.6 Å². The Balaban J connectivity index is 1.41. The molecule has 0 aliphatic carbocycles. The third-order valence-electron chi connectivity index (χ3n) is 6.01. The van der Waals surface area contributed by atoms with Gasteiger partial charge in [-0.05, 0) is 43.4 Å². The average Bonchev–Trinajstić information content (AvgIpc) is 2.99. The number of hydrogen-bond donors (Lipinski definition) is 1. The Morgan fingerprint density at radius 1 is 1.03 bits per heavy atom. The number of nitrogens with zero attached hydrogens (tertiary/aromatic N) is 3. The summed E-state index contributed by atoms with van der Waals surface area (Å²) < 4.78 is 27.1. The molecule has 2 heterocycles. The maximum absolute atomic E-state index is 13.1. The molecule has 0 radical (unpaired) electrons. The van der Waals surface area contributed by atoms with Crippen LogP contribution in [0, 0.1) is 5.92 Å². The van der Waals surface area contributed by atoms with Gasteiger partial charge in [0.2, 0.25) is 10.0 Å². The topological polar surface area (TPSA) is 96.1 Å². The number of sulfonamides is 1. The lowest BCUT2D eigenvalue weighted by Gasteiger charge is -2.33. The molecule has 0 bridgehead atoms. The summed E-state index contributed by atoms with van der Waals surface area (Å²) in [5, 5.41) is 0. The third-order valence-corrected chi connectivity index (χ3v) is 7.92. The standard InChI is InChI=1S/C22H26N4O3S/c1-22(18-8-4-2-5-9-18)20(27)26(21(23)24-22)16-17-12-14-25(15-13-17)30(28,29)19-10-6-3-7-11-19/h2-11,17H,12-16H2,1H3,(H2,23,24). The zero-order valence-electron chi connectivity index (χ0n) is 16.9. The van der Waals surface area contributed by atoms with Gasteiger partial charge in [-0.3, -0.25) is 9.69 Å². The van der Waals surface area contributed by atoms with Crippen molar-refractivity contribution in [1.82, 2.24) is 9.21 Å². The van der Waals surface area contributed by atoms with Crippen molar-refractivity contribution in [3.05, 3.63) is 66.2 Å². The van der Waals surface area contributed by atoms with Crippen LogP contribution in [-0.2, 0) is 20.4 Å². The first-order valence-electron chi connectivity index (χ1n) is 10.1. The molecule has 2 aliphatic heterocycles. The lowest BCUT2D eigenvalue weighted by Crippen LogP contribution is -2.47. The van der Waals surface area contributed by atoms with Crippen molar-refractivity contribution in [1.29, 1.82) is 0 Å². The van der Waals surface area contributed by atoms with E-state index in [2.05, 4.69) is 4.99 Å². The van der Waals surface area contributed by atoms with Gasteiger partial charge in [0.05, 0.1) is 4.90 Å². The van der Waals surface area contributed by atoms with Crippen LogP contribution in [-0.4, -0.2) is 49.1 Å². The molecule has 0 spiro atoms. The van der Waals surface area contributed by atoms with Crippen LogP contribution in [0.15, 0.2) is 70.6 Å². The van der Waals surface area contributed by atoms with Gasteiger partial charge in [0.15, 0.2) is 11.5 Å². The predicted octanol–water partition coefficient (Wildman–Crippen LogP) is 2.16. The van der Waals surface area contributed by atoms with E-state index in [0.29, 0.717) is 37.4 Å². The van der Waals surface area contributed by atoms with E-state index in [4.69, 9.17) is 5.73 Å². The molecule has 2 N–H and O–H groups in total. The predicted molar refractivity (Wildman–Crippen MR) is 115 cm³/mol. The molecule has 8 heteroatoms. The van der Waals surface area contributed by atoms with Gasteiger partial charge in [-0.1, -0.05) is 48.5 Å². The minimum absolute atomic E-state index is 0.134. The van der Waals surface area contributed by atoms with Gasteiger partial charge in [-0.25, -0.2) is 13.4 Å². The summed E-state index contributed by atoms with van der Waals surface area (Å²) in [5.41, 5.74) is 5.92. The number of amides is 1. The van der Waals surface area contributed by atoms with E-state index < -0.39 is 15.6 Å². The fourth-order valence-corrected chi connectivity index (χ4v) is 5.65. The van der Waals surface area contributed by atoms with Gasteiger partial charge in [0.1, 0.15) is 0 Å². The van der Waals surface area contributed by atoms with E-state index in [1.165, 1.54) is 4.31 Å². The zero-order chi connectivity index (χ0) is 21.4. The maximum Gasteiger partial charge on any atom is 0.261 e. The normalized spacial score (nSPS) is 23.6. The first-order chi connectivity index (χ1) is 14.3. The van der Waals surface area contributed by atoms with Crippen molar-refractivity contribution >= 4 is 21.9 Å². The van der Waals surface area contributed by atoms with E-state index in [0.717, 1.165) is 5.56 Å². The Morgan fingerprint density at radius 3 is 2.20 bits per heavy atom. The van der Waals surface area contributed by atoms with Crippen LogP contribution < -0.4 is 5.73 Å². The monoisotopic (exact) mass is 426 g/mol. The summed E-state index contributed by atoms with van der Waals surface area (Å²) in [7, 11) is -3.48. The van der Waals surface area contributed by atoms with Crippen LogP contribution >= 0.6 is 0 Å². The second kappa shape index (κ2) is 7.85. The molecule has 1 amide bonds. The first-order valence-corrected chi connectivity index (χ1v) is 11.5. The summed E-state index contributed by atoms with van der Waals surface area (Å²) in [5.74, 6) is 0.263. The van der Waals surface area contributed by atoms with Crippen molar-refractivity contribution in [2.45, 2.75) is 30.2 Å². The van der Waals surface area contributed by atoms with Gasteiger partial charge >= 0.3 is 0 Å². The van der Waals surface area contributed by atoms with Gasteiger partial charge < -0.3 is 5.73 Å². The van der Waals surface area contributed by atoms with Crippen LogP contribution in [0.5, 0.6) is 0 Å². The number of piperidine rings is 1. The lowest BCUT2D eigenvalue weighted by atomic mass is 9.91. The number of benzene rings is 2. The van der Waals surface area contributed by atoms with Gasteiger partial charge in [0.25, 0.3) is 5.91 Å². The average molecular weight is 427 g/mol. The molecule has 1 fully saturated rings. The van der Waals surface area contributed by atoms with Gasteiger partial charge in [-0.15, -0.1) is 0 Å². The maximum atomic E-state index is 13.1. The van der Waals surface area contributed by atoms with Crippen LogP contribution in [0.4, 0.5) is 0 Å². The van der Waals surface area contributed by atoms with E-state index in [1.54, 1.807) is 42.2 Å². The molecule has 2 aromatic carbocycles. The Hall–Kier alpha value is -2.71. The molecular weight excluding hydrogens is 400 g/mol. The highest BCUT2D eigenvalue weighted by Gasteiger charge is 2.46. The quantitative estimate of drug-likeness (QED) is 0.792. The summed E-state index contributed by atoms with van der Waals surface area (Å²) in [4.78, 5) is 19.5. The number of rotatable bonds is 5. The lowest BCUT2D eigenvalue weighted by molar-refractivity contribution is -0.131. The number of nitrogens with two attached hydrogens (primary N) is 1. The fourth-order valence-electron chi connectivity index (χ4n) is 4.16. The second-order valence-electron chi connectivity index (χ2n) is 7.98. The summed E-state index contributed by atoms with van der Waals surface area (Å²) in [6.45, 7) is 3.09. The highest BCUT2D eigenvalue weighted by atomic mass is 32.2. The Bertz CT molecular complexity index is 1050. The van der Waals surface area contributed by atoms with E-state index in [-0.39, 0.29) is 17.8 Å². The summed E-state index contributed by atoms with van der Waals surface area (Å²) in [6, 6.07) is 17.9. The Labute approximate surface area is 177 Å². The number of guanidine groups is 1. The molecule has 4 rings (SSSR count). The third kappa shape index (κ3) is 3.61. The van der Waals surface area contributed by atoms with E-state index in [1.807, 2.05) is 30.3 Å². The minimum Gasteiger partial charge on any atom is -0.369 e. The minimum atomic E-state index is -3.48.